The minimum atomic E-state index is -3.54. The van der Waals surface area contributed by atoms with Crippen molar-refractivity contribution in [2.24, 2.45) is 0 Å². The van der Waals surface area contributed by atoms with E-state index in [4.69, 9.17) is 0 Å². The summed E-state index contributed by atoms with van der Waals surface area (Å²) >= 11 is 0. The highest BCUT2D eigenvalue weighted by Gasteiger charge is 2.19. The Hall–Kier alpha value is -1.79. The number of rotatable bonds is 5. The molecule has 0 fully saturated rings. The van der Waals surface area contributed by atoms with Crippen LogP contribution in [0, 0.1) is 13.8 Å². The Kier molecular flexibility index (Phi) is 4.39. The van der Waals surface area contributed by atoms with Crippen molar-refractivity contribution in [3.8, 4) is 0 Å². The Morgan fingerprint density at radius 1 is 1.00 bits per heavy atom. The number of hydrogen-bond donors (Lipinski definition) is 2. The van der Waals surface area contributed by atoms with Crippen molar-refractivity contribution >= 4 is 15.7 Å². The zero-order chi connectivity index (χ0) is 15.6. The molecule has 1 heterocycles. The summed E-state index contributed by atoms with van der Waals surface area (Å²) in [7, 11) is -3.54. The lowest BCUT2D eigenvalue weighted by molar-refractivity contribution is 0.570. The lowest BCUT2D eigenvalue weighted by Crippen LogP contribution is -2.31. The molecule has 0 saturated carbocycles. The molecule has 1 aromatic heterocycles. The molecule has 0 atom stereocenters. The average molecular weight is 307 g/mol. The molecular weight excluding hydrogens is 286 g/mol. The van der Waals surface area contributed by atoms with E-state index in [0.717, 1.165) is 11.4 Å². The van der Waals surface area contributed by atoms with Gasteiger partial charge in [-0.1, -0.05) is 12.1 Å². The van der Waals surface area contributed by atoms with Gasteiger partial charge < -0.3 is 0 Å². The predicted octanol–water partition coefficient (Wildman–Crippen LogP) is 2.67. The normalized spacial score (nSPS) is 11.9. The average Bonchev–Trinajstić information content (AvgIpc) is 2.69. The fraction of sp³-hybridized carbons (Fsp3) is 0.333. The molecule has 0 aliphatic rings. The second kappa shape index (κ2) is 5.91. The molecule has 21 heavy (non-hydrogen) atoms. The summed E-state index contributed by atoms with van der Waals surface area (Å²) in [5.41, 5.74) is 5.74. The van der Waals surface area contributed by atoms with Crippen LogP contribution in [0.25, 0.3) is 0 Å². The van der Waals surface area contributed by atoms with Crippen LogP contribution < -0.4 is 10.1 Å². The summed E-state index contributed by atoms with van der Waals surface area (Å²) < 4.78 is 29.3. The zero-order valence-corrected chi connectivity index (χ0v) is 13.5. The van der Waals surface area contributed by atoms with Crippen molar-refractivity contribution in [1.82, 2.24) is 9.40 Å². The molecule has 114 valence electrons. The Morgan fingerprint density at radius 3 is 2.14 bits per heavy atom. The van der Waals surface area contributed by atoms with Crippen LogP contribution in [0.5, 0.6) is 0 Å². The fourth-order valence-electron chi connectivity index (χ4n) is 2.13. The maximum absolute atomic E-state index is 12.4. The summed E-state index contributed by atoms with van der Waals surface area (Å²) in [6.07, 6.45) is 0. The van der Waals surface area contributed by atoms with Crippen molar-refractivity contribution in [3.05, 3.63) is 47.8 Å². The molecule has 0 unspecified atom stereocenters. The van der Waals surface area contributed by atoms with Crippen molar-refractivity contribution in [3.63, 3.8) is 0 Å². The van der Waals surface area contributed by atoms with Crippen LogP contribution in [0.1, 0.15) is 25.2 Å². The molecule has 5 nitrogen and oxygen atoms in total. The van der Waals surface area contributed by atoms with Gasteiger partial charge in [-0.05, 0) is 52.0 Å². The third-order valence-electron chi connectivity index (χ3n) is 3.07. The first-order valence-electron chi connectivity index (χ1n) is 6.84. The SMILES string of the molecule is Cc1ccc(C)n1Nc1ccccc1S(=O)(=O)NC(C)C. The number of benzene rings is 1. The molecule has 2 rings (SSSR count). The smallest absolute Gasteiger partial charge is 0.242 e. The van der Waals surface area contributed by atoms with E-state index in [1.807, 2.05) is 36.7 Å². The molecule has 0 spiro atoms. The van der Waals surface area contributed by atoms with E-state index in [2.05, 4.69) is 10.1 Å². The van der Waals surface area contributed by atoms with Crippen LogP contribution in [0.4, 0.5) is 5.69 Å². The van der Waals surface area contributed by atoms with Crippen molar-refractivity contribution in [1.29, 1.82) is 0 Å². The minimum absolute atomic E-state index is 0.155. The van der Waals surface area contributed by atoms with E-state index >= 15 is 0 Å². The van der Waals surface area contributed by atoms with Crippen LogP contribution >= 0.6 is 0 Å². The third-order valence-corrected chi connectivity index (χ3v) is 4.79. The van der Waals surface area contributed by atoms with Gasteiger partial charge in [-0.15, -0.1) is 0 Å². The maximum atomic E-state index is 12.4. The highest BCUT2D eigenvalue weighted by atomic mass is 32.2. The predicted molar refractivity (Wildman–Crippen MR) is 84.8 cm³/mol. The summed E-state index contributed by atoms with van der Waals surface area (Å²) in [6, 6.07) is 10.7. The summed E-state index contributed by atoms with van der Waals surface area (Å²) in [5.74, 6) is 0. The number of aromatic nitrogens is 1. The van der Waals surface area contributed by atoms with Crippen LogP contribution in [-0.4, -0.2) is 19.1 Å². The van der Waals surface area contributed by atoms with Gasteiger partial charge >= 0.3 is 0 Å². The zero-order valence-electron chi connectivity index (χ0n) is 12.7. The summed E-state index contributed by atoms with van der Waals surface area (Å²) in [4.78, 5) is 0.242. The molecule has 1 aromatic carbocycles. The highest BCUT2D eigenvalue weighted by Crippen LogP contribution is 2.22. The molecule has 0 bridgehead atoms. The number of para-hydroxylation sites is 1. The largest absolute Gasteiger partial charge is 0.293 e. The molecule has 2 aromatic rings. The molecule has 0 radical (unpaired) electrons. The first-order chi connectivity index (χ1) is 9.81. The van der Waals surface area contributed by atoms with Crippen molar-refractivity contribution in [2.45, 2.75) is 38.6 Å². The van der Waals surface area contributed by atoms with Gasteiger partial charge in [-0.25, -0.2) is 13.1 Å². The van der Waals surface area contributed by atoms with Crippen LogP contribution in [0.3, 0.4) is 0 Å². The molecular formula is C15H21N3O2S. The van der Waals surface area contributed by atoms with E-state index in [9.17, 15) is 8.42 Å². The molecule has 0 saturated heterocycles. The maximum Gasteiger partial charge on any atom is 0.242 e. The van der Waals surface area contributed by atoms with E-state index in [1.54, 1.807) is 32.0 Å². The topological polar surface area (TPSA) is 63.1 Å². The first kappa shape index (κ1) is 15.6. The Morgan fingerprint density at radius 2 is 1.57 bits per heavy atom. The molecule has 2 N–H and O–H groups in total. The fourth-order valence-corrected chi connectivity index (χ4v) is 3.54. The van der Waals surface area contributed by atoms with Crippen LogP contribution in [0.2, 0.25) is 0 Å². The van der Waals surface area contributed by atoms with Gasteiger partial charge in [0.15, 0.2) is 0 Å². The second-order valence-corrected chi connectivity index (χ2v) is 7.02. The van der Waals surface area contributed by atoms with E-state index < -0.39 is 10.0 Å². The van der Waals surface area contributed by atoms with Gasteiger partial charge in [0.25, 0.3) is 0 Å². The standard InChI is InChI=1S/C15H21N3O2S/c1-11(2)17-21(19,20)15-8-6-5-7-14(15)16-18-12(3)9-10-13(18)4/h5-11,16-17H,1-4H3. The third kappa shape index (κ3) is 3.46. The lowest BCUT2D eigenvalue weighted by atomic mass is 10.3. The Labute approximate surface area is 126 Å². The molecule has 6 heteroatoms. The number of sulfonamides is 1. The van der Waals surface area contributed by atoms with Gasteiger partial charge in [0.05, 0.1) is 5.69 Å². The Balaban J connectivity index is 2.43. The number of anilines is 1. The van der Waals surface area contributed by atoms with Gasteiger partial charge in [0, 0.05) is 17.4 Å². The number of hydrogen-bond acceptors (Lipinski definition) is 3. The number of aryl methyl sites for hydroxylation is 2. The minimum Gasteiger partial charge on any atom is -0.293 e. The molecule has 0 amide bonds. The highest BCUT2D eigenvalue weighted by molar-refractivity contribution is 7.89. The quantitative estimate of drug-likeness (QED) is 0.892. The first-order valence-corrected chi connectivity index (χ1v) is 8.33. The second-order valence-electron chi connectivity index (χ2n) is 5.34. The van der Waals surface area contributed by atoms with E-state index in [0.29, 0.717) is 5.69 Å². The van der Waals surface area contributed by atoms with Crippen LogP contribution in [0.15, 0.2) is 41.3 Å². The van der Waals surface area contributed by atoms with Gasteiger partial charge in [-0.3, -0.25) is 10.1 Å². The van der Waals surface area contributed by atoms with Crippen molar-refractivity contribution < 1.29 is 8.42 Å². The number of nitrogens with zero attached hydrogens (tertiary/aromatic N) is 1. The Bertz CT molecular complexity index is 714. The van der Waals surface area contributed by atoms with Crippen LogP contribution in [-0.2, 0) is 10.0 Å². The van der Waals surface area contributed by atoms with Gasteiger partial charge in [0.1, 0.15) is 4.90 Å². The van der Waals surface area contributed by atoms with Gasteiger partial charge in [0.2, 0.25) is 10.0 Å². The number of nitrogens with one attached hydrogen (secondary N) is 2. The van der Waals surface area contributed by atoms with E-state index in [-0.39, 0.29) is 10.9 Å². The molecule has 0 aliphatic heterocycles. The summed E-state index contributed by atoms with van der Waals surface area (Å²) in [6.45, 7) is 7.52. The van der Waals surface area contributed by atoms with Gasteiger partial charge in [-0.2, -0.15) is 0 Å². The monoisotopic (exact) mass is 307 g/mol. The van der Waals surface area contributed by atoms with E-state index in [1.165, 1.54) is 0 Å². The summed E-state index contributed by atoms with van der Waals surface area (Å²) in [5, 5.41) is 0. The van der Waals surface area contributed by atoms with Crippen molar-refractivity contribution in [2.75, 3.05) is 5.43 Å². The molecule has 0 aliphatic carbocycles. The lowest BCUT2D eigenvalue weighted by Gasteiger charge is -2.17.